The van der Waals surface area contributed by atoms with Crippen molar-refractivity contribution in [2.75, 3.05) is 6.61 Å². The minimum Gasteiger partial charge on any atom is -0.494 e. The number of benzene rings is 1. The van der Waals surface area contributed by atoms with E-state index in [0.29, 0.717) is 24.0 Å². The highest BCUT2D eigenvalue weighted by Crippen LogP contribution is 2.15. The Morgan fingerprint density at radius 3 is 2.10 bits per heavy atom. The SMILES string of the molecule is CCCOc1ccc(C(=O)NC(C(C)C)C(C)C)cc1. The second-order valence-corrected chi connectivity index (χ2v) is 5.86. The van der Waals surface area contributed by atoms with Gasteiger partial charge < -0.3 is 10.1 Å². The lowest BCUT2D eigenvalue weighted by molar-refractivity contribution is 0.0910. The standard InChI is InChI=1S/C17H27NO2/c1-6-11-20-15-9-7-14(8-10-15)17(19)18-16(12(2)3)13(4)5/h7-10,12-13,16H,6,11H2,1-5H3,(H,18,19). The van der Waals surface area contributed by atoms with Crippen LogP contribution in [0.3, 0.4) is 0 Å². The quantitative estimate of drug-likeness (QED) is 0.821. The van der Waals surface area contributed by atoms with E-state index >= 15 is 0 Å². The molecular weight excluding hydrogens is 250 g/mol. The second-order valence-electron chi connectivity index (χ2n) is 5.86. The van der Waals surface area contributed by atoms with E-state index in [1.54, 1.807) is 0 Å². The molecule has 1 amide bonds. The molecule has 0 saturated carbocycles. The first-order chi connectivity index (χ1) is 9.45. The van der Waals surface area contributed by atoms with Crippen molar-refractivity contribution in [2.24, 2.45) is 11.8 Å². The molecule has 0 aliphatic rings. The molecule has 1 aromatic carbocycles. The zero-order valence-electron chi connectivity index (χ0n) is 13.3. The van der Waals surface area contributed by atoms with Gasteiger partial charge in [0.05, 0.1) is 6.61 Å². The lowest BCUT2D eigenvalue weighted by atomic mass is 9.93. The maximum absolute atomic E-state index is 12.2. The first-order valence-corrected chi connectivity index (χ1v) is 7.49. The van der Waals surface area contributed by atoms with Crippen LogP contribution in [0.4, 0.5) is 0 Å². The molecule has 0 saturated heterocycles. The number of carbonyl (C=O) groups excluding carboxylic acids is 1. The summed E-state index contributed by atoms with van der Waals surface area (Å²) < 4.78 is 5.52. The van der Waals surface area contributed by atoms with Crippen LogP contribution < -0.4 is 10.1 Å². The molecular formula is C17H27NO2. The van der Waals surface area contributed by atoms with Gasteiger partial charge in [-0.3, -0.25) is 4.79 Å². The molecule has 112 valence electrons. The van der Waals surface area contributed by atoms with Crippen LogP contribution in [-0.2, 0) is 0 Å². The highest BCUT2D eigenvalue weighted by atomic mass is 16.5. The summed E-state index contributed by atoms with van der Waals surface area (Å²) in [6.07, 6.45) is 0.979. The summed E-state index contributed by atoms with van der Waals surface area (Å²) in [6.45, 7) is 11.3. The molecule has 0 aliphatic carbocycles. The Hall–Kier alpha value is -1.51. The first kappa shape index (κ1) is 16.5. The predicted molar refractivity (Wildman–Crippen MR) is 83.2 cm³/mol. The minimum atomic E-state index is -0.0144. The van der Waals surface area contributed by atoms with Crippen LogP contribution in [0.25, 0.3) is 0 Å². The Bertz CT molecular complexity index is 402. The normalized spacial score (nSPS) is 11.2. The average molecular weight is 277 g/mol. The summed E-state index contributed by atoms with van der Waals surface area (Å²) in [5.41, 5.74) is 0.681. The van der Waals surface area contributed by atoms with E-state index in [9.17, 15) is 4.79 Å². The number of ether oxygens (including phenoxy) is 1. The average Bonchev–Trinajstić information content (AvgIpc) is 2.42. The maximum atomic E-state index is 12.2. The van der Waals surface area contributed by atoms with Gasteiger partial charge in [0.25, 0.3) is 5.91 Å². The number of amides is 1. The zero-order valence-corrected chi connectivity index (χ0v) is 13.3. The summed E-state index contributed by atoms with van der Waals surface area (Å²) >= 11 is 0. The van der Waals surface area contributed by atoms with Gasteiger partial charge in [-0.15, -0.1) is 0 Å². The third-order valence-electron chi connectivity index (χ3n) is 3.32. The van der Waals surface area contributed by atoms with Gasteiger partial charge in [-0.2, -0.15) is 0 Å². The fourth-order valence-corrected chi connectivity index (χ4v) is 2.26. The van der Waals surface area contributed by atoms with Crippen molar-refractivity contribution in [3.63, 3.8) is 0 Å². The van der Waals surface area contributed by atoms with E-state index in [1.807, 2.05) is 24.3 Å². The van der Waals surface area contributed by atoms with Crippen molar-refractivity contribution < 1.29 is 9.53 Å². The van der Waals surface area contributed by atoms with Crippen LogP contribution in [0, 0.1) is 11.8 Å². The topological polar surface area (TPSA) is 38.3 Å². The molecule has 0 atom stereocenters. The molecule has 1 N–H and O–H groups in total. The number of nitrogens with one attached hydrogen (secondary N) is 1. The third-order valence-corrected chi connectivity index (χ3v) is 3.32. The van der Waals surface area contributed by atoms with Gasteiger partial charge in [0.1, 0.15) is 5.75 Å². The molecule has 0 heterocycles. The summed E-state index contributed by atoms with van der Waals surface area (Å²) in [6, 6.07) is 7.53. The Labute approximate surface area is 122 Å². The predicted octanol–water partition coefficient (Wildman–Crippen LogP) is 3.89. The third kappa shape index (κ3) is 4.87. The molecule has 0 radical (unpaired) electrons. The van der Waals surface area contributed by atoms with Crippen molar-refractivity contribution >= 4 is 5.91 Å². The van der Waals surface area contributed by atoms with Crippen LogP contribution >= 0.6 is 0 Å². The van der Waals surface area contributed by atoms with Gasteiger partial charge in [0, 0.05) is 11.6 Å². The first-order valence-electron chi connectivity index (χ1n) is 7.49. The van der Waals surface area contributed by atoms with Gasteiger partial charge in [0.2, 0.25) is 0 Å². The molecule has 0 bridgehead atoms. The summed E-state index contributed by atoms with van der Waals surface area (Å²) in [5.74, 6) is 1.64. The van der Waals surface area contributed by atoms with Crippen molar-refractivity contribution in [3.05, 3.63) is 29.8 Å². The molecule has 0 spiro atoms. The van der Waals surface area contributed by atoms with Crippen LogP contribution in [0.15, 0.2) is 24.3 Å². The largest absolute Gasteiger partial charge is 0.494 e. The van der Waals surface area contributed by atoms with Crippen LogP contribution in [0.2, 0.25) is 0 Å². The molecule has 0 aromatic heterocycles. The molecule has 0 aliphatic heterocycles. The monoisotopic (exact) mass is 277 g/mol. The van der Waals surface area contributed by atoms with Crippen LogP contribution in [0.5, 0.6) is 5.75 Å². The molecule has 1 rings (SSSR count). The highest BCUT2D eigenvalue weighted by molar-refractivity contribution is 5.94. The highest BCUT2D eigenvalue weighted by Gasteiger charge is 2.20. The minimum absolute atomic E-state index is 0.0144. The Kier molecular flexibility index (Phi) is 6.56. The summed E-state index contributed by atoms with van der Waals surface area (Å²) in [5, 5.41) is 3.12. The zero-order chi connectivity index (χ0) is 15.1. The smallest absolute Gasteiger partial charge is 0.251 e. The van der Waals surface area contributed by atoms with Gasteiger partial charge in [0.15, 0.2) is 0 Å². The lowest BCUT2D eigenvalue weighted by Crippen LogP contribution is -2.42. The maximum Gasteiger partial charge on any atom is 0.251 e. The van der Waals surface area contributed by atoms with Crippen LogP contribution in [-0.4, -0.2) is 18.6 Å². The number of rotatable bonds is 7. The molecule has 1 aromatic rings. The Morgan fingerprint density at radius 1 is 1.10 bits per heavy atom. The van der Waals surface area contributed by atoms with Crippen molar-refractivity contribution in [1.82, 2.24) is 5.32 Å². The Morgan fingerprint density at radius 2 is 1.65 bits per heavy atom. The molecule has 20 heavy (non-hydrogen) atoms. The summed E-state index contributed by atoms with van der Waals surface area (Å²) in [4.78, 5) is 12.2. The van der Waals surface area contributed by atoms with E-state index in [-0.39, 0.29) is 11.9 Å². The molecule has 0 unspecified atom stereocenters. The van der Waals surface area contributed by atoms with E-state index < -0.39 is 0 Å². The lowest BCUT2D eigenvalue weighted by Gasteiger charge is -2.26. The van der Waals surface area contributed by atoms with Gasteiger partial charge >= 0.3 is 0 Å². The van der Waals surface area contributed by atoms with Crippen molar-refractivity contribution in [3.8, 4) is 5.75 Å². The number of hydrogen-bond acceptors (Lipinski definition) is 2. The summed E-state index contributed by atoms with van der Waals surface area (Å²) in [7, 11) is 0. The molecule has 0 fully saturated rings. The fourth-order valence-electron chi connectivity index (χ4n) is 2.26. The van der Waals surface area contributed by atoms with Gasteiger partial charge in [-0.1, -0.05) is 34.6 Å². The van der Waals surface area contributed by atoms with Crippen molar-refractivity contribution in [2.45, 2.75) is 47.1 Å². The second kappa shape index (κ2) is 7.93. The van der Waals surface area contributed by atoms with Crippen molar-refractivity contribution in [1.29, 1.82) is 0 Å². The van der Waals surface area contributed by atoms with Gasteiger partial charge in [-0.25, -0.2) is 0 Å². The van der Waals surface area contributed by atoms with Crippen LogP contribution in [0.1, 0.15) is 51.4 Å². The number of hydrogen-bond donors (Lipinski definition) is 1. The number of carbonyl (C=O) groups is 1. The van der Waals surface area contributed by atoms with E-state index in [0.717, 1.165) is 12.2 Å². The molecule has 3 nitrogen and oxygen atoms in total. The fraction of sp³-hybridized carbons (Fsp3) is 0.588. The molecule has 3 heteroatoms. The van der Waals surface area contributed by atoms with Gasteiger partial charge in [-0.05, 0) is 42.5 Å². The van der Waals surface area contributed by atoms with E-state index in [2.05, 4.69) is 39.9 Å². The van der Waals surface area contributed by atoms with E-state index in [4.69, 9.17) is 4.74 Å². The Balaban J connectivity index is 2.67. The van der Waals surface area contributed by atoms with E-state index in [1.165, 1.54) is 0 Å².